The summed E-state index contributed by atoms with van der Waals surface area (Å²) in [5.41, 5.74) is -4.12. The quantitative estimate of drug-likeness (QED) is 0.797. The van der Waals surface area contributed by atoms with Gasteiger partial charge in [-0.25, -0.2) is 8.78 Å². The number of hydrogen-bond acceptors (Lipinski definition) is 2. The molecule has 0 saturated heterocycles. The van der Waals surface area contributed by atoms with Gasteiger partial charge in [-0.05, 0) is 36.4 Å². The van der Waals surface area contributed by atoms with Crippen molar-refractivity contribution in [2.24, 2.45) is 0 Å². The number of aliphatic hydroxyl groups is 1. The van der Waals surface area contributed by atoms with E-state index in [1.807, 2.05) is 0 Å². The maximum Gasteiger partial charge on any atom is 0.457 e. The van der Waals surface area contributed by atoms with Crippen LogP contribution >= 0.6 is 0 Å². The predicted octanol–water partition coefficient (Wildman–Crippen LogP) is 4.84. The molecule has 1 N–H and O–H groups in total. The van der Waals surface area contributed by atoms with Crippen molar-refractivity contribution >= 4 is 0 Å². The second-order valence-corrected chi connectivity index (χ2v) is 4.81. The maximum absolute atomic E-state index is 14.2. The maximum atomic E-state index is 14.2. The molecule has 126 valence electrons. The van der Waals surface area contributed by atoms with Gasteiger partial charge in [-0.2, -0.15) is 22.0 Å². The van der Waals surface area contributed by atoms with E-state index in [1.165, 1.54) is 0 Å². The minimum atomic E-state index is -6.12. The van der Waals surface area contributed by atoms with Gasteiger partial charge in [-0.1, -0.05) is 0 Å². The molecule has 1 aliphatic rings. The van der Waals surface area contributed by atoms with E-state index in [2.05, 4.69) is 0 Å². The van der Waals surface area contributed by atoms with E-state index in [0.29, 0.717) is 6.08 Å². The molecule has 0 amide bonds. The second-order valence-electron chi connectivity index (χ2n) is 4.81. The van der Waals surface area contributed by atoms with E-state index in [-0.39, 0.29) is 11.8 Å². The van der Waals surface area contributed by atoms with Crippen LogP contribution in [0.2, 0.25) is 0 Å². The Labute approximate surface area is 125 Å². The van der Waals surface area contributed by atoms with Crippen molar-refractivity contribution in [1.29, 1.82) is 0 Å². The van der Waals surface area contributed by atoms with Crippen molar-refractivity contribution in [2.45, 2.75) is 24.2 Å². The number of halogens is 7. The first kappa shape index (κ1) is 17.2. The Balaban J connectivity index is 2.29. The Morgan fingerprint density at radius 2 is 1.61 bits per heavy atom. The van der Waals surface area contributed by atoms with E-state index < -0.39 is 41.5 Å². The van der Waals surface area contributed by atoms with Crippen LogP contribution in [-0.2, 0) is 0 Å². The smallest absolute Gasteiger partial charge is 0.457 e. The zero-order valence-corrected chi connectivity index (χ0v) is 11.2. The molecular formula is C14H9F7O2. The summed E-state index contributed by atoms with van der Waals surface area (Å²) in [6.07, 6.45) is -7.37. The largest absolute Gasteiger partial charge is 0.504 e. The Morgan fingerprint density at radius 1 is 1.04 bits per heavy atom. The van der Waals surface area contributed by atoms with Gasteiger partial charge >= 0.3 is 12.1 Å². The van der Waals surface area contributed by atoms with Crippen molar-refractivity contribution in [2.75, 3.05) is 0 Å². The van der Waals surface area contributed by atoms with E-state index in [1.54, 1.807) is 0 Å². The summed E-state index contributed by atoms with van der Waals surface area (Å²) in [6, 6.07) is 3.93. The van der Waals surface area contributed by atoms with Gasteiger partial charge in [0.2, 0.25) is 5.67 Å². The third-order valence-corrected chi connectivity index (χ3v) is 3.14. The fraction of sp³-hybridized carbons (Fsp3) is 0.286. The van der Waals surface area contributed by atoms with Gasteiger partial charge in [0.1, 0.15) is 17.3 Å². The summed E-state index contributed by atoms with van der Waals surface area (Å²) < 4.78 is 95.6. The standard InChI is InChI=1S/C14H9F7O2/c15-8-1-3-9(4-2-8)23-11-7-12(16,6-5-10(11)22)13(17,18)14(19,20)21/h1-6,22H,7H2. The Kier molecular flexibility index (Phi) is 4.08. The van der Waals surface area contributed by atoms with Crippen LogP contribution in [0.15, 0.2) is 47.9 Å². The average molecular weight is 342 g/mol. The van der Waals surface area contributed by atoms with Crippen molar-refractivity contribution < 1.29 is 40.6 Å². The number of hydrogen-bond donors (Lipinski definition) is 1. The lowest BCUT2D eigenvalue weighted by atomic mass is 9.88. The van der Waals surface area contributed by atoms with Crippen LogP contribution in [0.5, 0.6) is 5.75 Å². The molecular weight excluding hydrogens is 333 g/mol. The molecule has 1 aliphatic carbocycles. The molecule has 2 nitrogen and oxygen atoms in total. The lowest BCUT2D eigenvalue weighted by molar-refractivity contribution is -0.319. The van der Waals surface area contributed by atoms with Gasteiger partial charge < -0.3 is 9.84 Å². The molecule has 0 aliphatic heterocycles. The van der Waals surface area contributed by atoms with E-state index >= 15 is 0 Å². The first-order valence-electron chi connectivity index (χ1n) is 6.14. The van der Waals surface area contributed by atoms with Gasteiger partial charge in [0.25, 0.3) is 0 Å². The third-order valence-electron chi connectivity index (χ3n) is 3.14. The van der Waals surface area contributed by atoms with Crippen LogP contribution < -0.4 is 4.74 Å². The number of allylic oxidation sites excluding steroid dienone is 3. The lowest BCUT2D eigenvalue weighted by Crippen LogP contribution is -2.54. The summed E-state index contributed by atoms with van der Waals surface area (Å²) in [5, 5.41) is 9.49. The Bertz CT molecular complexity index is 646. The summed E-state index contributed by atoms with van der Waals surface area (Å²) in [4.78, 5) is 0. The van der Waals surface area contributed by atoms with Gasteiger partial charge in [0, 0.05) is 0 Å². The lowest BCUT2D eigenvalue weighted by Gasteiger charge is -2.34. The zero-order valence-electron chi connectivity index (χ0n) is 11.2. The summed E-state index contributed by atoms with van der Waals surface area (Å²) in [7, 11) is 0. The fourth-order valence-electron chi connectivity index (χ4n) is 1.87. The number of aliphatic hydroxyl groups excluding tert-OH is 1. The summed E-state index contributed by atoms with van der Waals surface area (Å²) >= 11 is 0. The third kappa shape index (κ3) is 3.13. The van der Waals surface area contributed by atoms with Gasteiger partial charge in [-0.3, -0.25) is 0 Å². The molecule has 0 fully saturated rings. The molecule has 0 bridgehead atoms. The minimum Gasteiger partial charge on any atom is -0.504 e. The van der Waals surface area contributed by atoms with Crippen LogP contribution in [0.1, 0.15) is 6.42 Å². The van der Waals surface area contributed by atoms with Crippen LogP contribution in [-0.4, -0.2) is 22.9 Å². The monoisotopic (exact) mass is 342 g/mol. The second kappa shape index (κ2) is 5.47. The highest BCUT2D eigenvalue weighted by atomic mass is 19.4. The van der Waals surface area contributed by atoms with Gasteiger partial charge in [0.15, 0.2) is 5.76 Å². The van der Waals surface area contributed by atoms with Gasteiger partial charge in [-0.15, -0.1) is 0 Å². The highest BCUT2D eigenvalue weighted by Gasteiger charge is 2.71. The molecule has 1 unspecified atom stereocenters. The van der Waals surface area contributed by atoms with Crippen LogP contribution in [0.3, 0.4) is 0 Å². The molecule has 9 heteroatoms. The summed E-state index contributed by atoms with van der Waals surface area (Å²) in [6.45, 7) is 0. The van der Waals surface area contributed by atoms with Crippen molar-refractivity contribution in [1.82, 2.24) is 0 Å². The van der Waals surface area contributed by atoms with Crippen LogP contribution in [0.4, 0.5) is 30.7 Å². The zero-order chi connectivity index (χ0) is 17.5. The van der Waals surface area contributed by atoms with E-state index in [9.17, 15) is 35.8 Å². The fourth-order valence-corrected chi connectivity index (χ4v) is 1.87. The Morgan fingerprint density at radius 3 is 2.13 bits per heavy atom. The van der Waals surface area contributed by atoms with Gasteiger partial charge in [0.05, 0.1) is 6.42 Å². The van der Waals surface area contributed by atoms with Crippen LogP contribution in [0.25, 0.3) is 0 Å². The predicted molar refractivity (Wildman–Crippen MR) is 65.3 cm³/mol. The molecule has 1 aromatic rings. The van der Waals surface area contributed by atoms with Crippen molar-refractivity contribution in [3.63, 3.8) is 0 Å². The first-order valence-corrected chi connectivity index (χ1v) is 6.14. The molecule has 23 heavy (non-hydrogen) atoms. The van der Waals surface area contributed by atoms with Crippen molar-refractivity contribution in [3.8, 4) is 5.75 Å². The SMILES string of the molecule is OC1=C(Oc2ccc(F)cc2)CC(F)(C(F)(F)C(F)(F)F)C=C1. The highest BCUT2D eigenvalue weighted by molar-refractivity contribution is 5.33. The normalized spacial score (nSPS) is 22.4. The molecule has 0 saturated carbocycles. The summed E-state index contributed by atoms with van der Waals surface area (Å²) in [5.74, 6) is -8.14. The number of ether oxygens (including phenoxy) is 1. The minimum absolute atomic E-state index is 0.0622. The molecule has 2 rings (SSSR count). The van der Waals surface area contributed by atoms with E-state index in [4.69, 9.17) is 4.74 Å². The number of alkyl halides is 6. The highest BCUT2D eigenvalue weighted by Crippen LogP contribution is 2.50. The number of benzene rings is 1. The number of rotatable bonds is 3. The van der Waals surface area contributed by atoms with Crippen LogP contribution in [0, 0.1) is 5.82 Å². The molecule has 1 aromatic carbocycles. The van der Waals surface area contributed by atoms with Crippen molar-refractivity contribution in [3.05, 3.63) is 53.8 Å². The molecule has 0 heterocycles. The average Bonchev–Trinajstić information content (AvgIpc) is 2.44. The topological polar surface area (TPSA) is 29.5 Å². The Hall–Kier alpha value is -2.19. The molecule has 0 radical (unpaired) electrons. The molecule has 1 atom stereocenters. The molecule has 0 spiro atoms. The molecule has 0 aromatic heterocycles. The first-order chi connectivity index (χ1) is 10.5. The van der Waals surface area contributed by atoms with E-state index in [0.717, 1.165) is 24.3 Å².